The van der Waals surface area contributed by atoms with Crippen LogP contribution in [0.25, 0.3) is 0 Å². The van der Waals surface area contributed by atoms with Gasteiger partial charge < -0.3 is 0 Å². The van der Waals surface area contributed by atoms with E-state index in [1.807, 2.05) is 12.1 Å². The van der Waals surface area contributed by atoms with Crippen LogP contribution in [0, 0.1) is 10.1 Å². The second-order valence-corrected chi connectivity index (χ2v) is 10.1. The van der Waals surface area contributed by atoms with Crippen LogP contribution >= 0.6 is 0 Å². The first kappa shape index (κ1) is 10.9. The van der Waals surface area contributed by atoms with E-state index in [-0.39, 0.29) is 10.6 Å². The van der Waals surface area contributed by atoms with E-state index in [0.29, 0.717) is 0 Å². The van der Waals surface area contributed by atoms with E-state index in [2.05, 4.69) is 19.6 Å². The summed E-state index contributed by atoms with van der Waals surface area (Å²) in [4.78, 5) is 10.4. The highest BCUT2D eigenvalue weighted by Crippen LogP contribution is 2.21. The number of benzene rings is 1. The molecule has 4 heteroatoms. The van der Waals surface area contributed by atoms with Gasteiger partial charge >= 0.3 is 0 Å². The van der Waals surface area contributed by atoms with E-state index in [9.17, 15) is 10.1 Å². The van der Waals surface area contributed by atoms with Crippen molar-refractivity contribution in [3.8, 4) is 0 Å². The van der Waals surface area contributed by atoms with Gasteiger partial charge in [-0.25, -0.2) is 0 Å². The van der Waals surface area contributed by atoms with Gasteiger partial charge in [-0.05, 0) is 6.04 Å². The maximum atomic E-state index is 10.7. The van der Waals surface area contributed by atoms with Crippen molar-refractivity contribution in [1.82, 2.24) is 0 Å². The monoisotopic (exact) mass is 209 g/mol. The van der Waals surface area contributed by atoms with Crippen LogP contribution in [0.5, 0.6) is 0 Å². The van der Waals surface area contributed by atoms with E-state index in [1.165, 1.54) is 0 Å². The third kappa shape index (κ3) is 2.96. The van der Waals surface area contributed by atoms with Gasteiger partial charge in [0.05, 0.1) is 4.92 Å². The maximum Gasteiger partial charge on any atom is 0.272 e. The van der Waals surface area contributed by atoms with Gasteiger partial charge in [-0.2, -0.15) is 0 Å². The highest BCUT2D eigenvalue weighted by Gasteiger charge is 2.20. The number of hydrogen-bond acceptors (Lipinski definition) is 2. The Labute approximate surface area is 84.9 Å². The number of hydrogen-bond donors (Lipinski definition) is 0. The molecule has 0 N–H and O–H groups in total. The topological polar surface area (TPSA) is 43.1 Å². The Balaban J connectivity index is 3.02. The molecule has 0 atom stereocenters. The lowest BCUT2D eigenvalue weighted by atomic mass is 10.2. The Morgan fingerprint density at radius 1 is 1.29 bits per heavy atom. The summed E-state index contributed by atoms with van der Waals surface area (Å²) in [7, 11) is -1.28. The molecule has 1 aromatic rings. The van der Waals surface area contributed by atoms with Crippen molar-refractivity contribution >= 4 is 13.8 Å². The van der Waals surface area contributed by atoms with Gasteiger partial charge in [-0.15, -0.1) is 0 Å². The van der Waals surface area contributed by atoms with Crippen molar-refractivity contribution in [2.45, 2.75) is 25.7 Å². The summed E-state index contributed by atoms with van der Waals surface area (Å²) in [5.41, 5.74) is 1.13. The van der Waals surface area contributed by atoms with Crippen molar-refractivity contribution < 1.29 is 4.92 Å². The van der Waals surface area contributed by atoms with Crippen LogP contribution < -0.4 is 0 Å². The molecular formula is C10H15NO2Si. The van der Waals surface area contributed by atoms with Crippen molar-refractivity contribution in [3.63, 3.8) is 0 Å². The van der Waals surface area contributed by atoms with Gasteiger partial charge in [0, 0.05) is 19.7 Å². The van der Waals surface area contributed by atoms with Gasteiger partial charge in [0.1, 0.15) is 0 Å². The Bertz CT molecular complexity index is 344. The van der Waals surface area contributed by atoms with Crippen molar-refractivity contribution in [3.05, 3.63) is 39.9 Å². The zero-order valence-electron chi connectivity index (χ0n) is 8.78. The quantitative estimate of drug-likeness (QED) is 0.436. The van der Waals surface area contributed by atoms with E-state index in [1.54, 1.807) is 12.1 Å². The van der Waals surface area contributed by atoms with E-state index in [0.717, 1.165) is 11.6 Å². The zero-order chi connectivity index (χ0) is 10.8. The molecular weight excluding hydrogens is 194 g/mol. The molecule has 0 aliphatic heterocycles. The zero-order valence-corrected chi connectivity index (χ0v) is 9.78. The Kier molecular flexibility index (Phi) is 3.05. The Hall–Kier alpha value is -1.16. The molecule has 0 fully saturated rings. The molecule has 76 valence electrons. The third-order valence-electron chi connectivity index (χ3n) is 1.91. The lowest BCUT2D eigenvalue weighted by Gasteiger charge is -2.15. The molecule has 0 aliphatic rings. The fourth-order valence-electron chi connectivity index (χ4n) is 1.41. The predicted molar refractivity (Wildman–Crippen MR) is 60.1 cm³/mol. The molecule has 1 aromatic carbocycles. The average molecular weight is 209 g/mol. The minimum Gasteiger partial charge on any atom is -0.258 e. The molecule has 0 radical (unpaired) electrons. The molecule has 0 heterocycles. The highest BCUT2D eigenvalue weighted by molar-refractivity contribution is 6.75. The van der Waals surface area contributed by atoms with Crippen LogP contribution in [0.4, 0.5) is 5.69 Å². The van der Waals surface area contributed by atoms with Crippen molar-refractivity contribution in [1.29, 1.82) is 0 Å². The summed E-state index contributed by atoms with van der Waals surface area (Å²) in [5, 5.41) is 10.7. The highest BCUT2D eigenvalue weighted by atomic mass is 28.3. The van der Waals surface area contributed by atoms with Gasteiger partial charge in [-0.3, -0.25) is 10.1 Å². The summed E-state index contributed by atoms with van der Waals surface area (Å²) in [6.45, 7) is 6.64. The molecule has 0 spiro atoms. The summed E-state index contributed by atoms with van der Waals surface area (Å²) >= 11 is 0. The first-order valence-corrected chi connectivity index (χ1v) is 8.33. The standard InChI is InChI=1S/C10H15NO2Si/c1-14(2,3)8-9-6-4-5-7-10(9)11(12)13/h4-7H,8H2,1-3H3. The molecule has 3 nitrogen and oxygen atoms in total. The van der Waals surface area contributed by atoms with Crippen LogP contribution in [0.3, 0.4) is 0 Å². The number of nitrogens with zero attached hydrogens (tertiary/aromatic N) is 1. The van der Waals surface area contributed by atoms with E-state index >= 15 is 0 Å². The van der Waals surface area contributed by atoms with Gasteiger partial charge in [-0.1, -0.05) is 37.8 Å². The molecule has 1 rings (SSSR count). The van der Waals surface area contributed by atoms with Crippen LogP contribution in [-0.2, 0) is 6.04 Å². The van der Waals surface area contributed by atoms with Gasteiger partial charge in [0.25, 0.3) is 5.69 Å². The minimum absolute atomic E-state index is 0.259. The second-order valence-electron chi connectivity index (χ2n) is 4.62. The fourth-order valence-corrected chi connectivity index (χ4v) is 2.85. The molecule has 0 aliphatic carbocycles. The number of nitro groups is 1. The summed E-state index contributed by atoms with van der Waals surface area (Å²) in [6.07, 6.45) is 0. The Morgan fingerprint density at radius 2 is 1.86 bits per heavy atom. The smallest absolute Gasteiger partial charge is 0.258 e. The Morgan fingerprint density at radius 3 is 2.36 bits per heavy atom. The number of rotatable bonds is 3. The van der Waals surface area contributed by atoms with Crippen molar-refractivity contribution in [2.75, 3.05) is 0 Å². The van der Waals surface area contributed by atoms with Gasteiger partial charge in [0.2, 0.25) is 0 Å². The molecule has 0 saturated heterocycles. The van der Waals surface area contributed by atoms with Crippen molar-refractivity contribution in [2.24, 2.45) is 0 Å². The molecule has 0 unspecified atom stereocenters. The maximum absolute atomic E-state index is 10.7. The summed E-state index contributed by atoms with van der Waals surface area (Å²) < 4.78 is 0. The largest absolute Gasteiger partial charge is 0.272 e. The van der Waals surface area contributed by atoms with Crippen LogP contribution in [-0.4, -0.2) is 13.0 Å². The van der Waals surface area contributed by atoms with Gasteiger partial charge in [0.15, 0.2) is 0 Å². The van der Waals surface area contributed by atoms with Crippen LogP contribution in [0.1, 0.15) is 5.56 Å². The molecule has 0 amide bonds. The lowest BCUT2D eigenvalue weighted by molar-refractivity contribution is -0.385. The normalized spacial score (nSPS) is 11.4. The second kappa shape index (κ2) is 3.92. The van der Waals surface area contributed by atoms with E-state index < -0.39 is 8.07 Å². The lowest BCUT2D eigenvalue weighted by Crippen LogP contribution is -2.24. The first-order chi connectivity index (χ1) is 6.40. The van der Waals surface area contributed by atoms with Crippen LogP contribution in [0.2, 0.25) is 19.6 Å². The fraction of sp³-hybridized carbons (Fsp3) is 0.400. The summed E-state index contributed by atoms with van der Waals surface area (Å²) in [5.74, 6) is 0. The average Bonchev–Trinajstić information content (AvgIpc) is 2.01. The SMILES string of the molecule is C[Si](C)(C)Cc1ccccc1[N+](=O)[O-]. The third-order valence-corrected chi connectivity index (χ3v) is 3.35. The molecule has 14 heavy (non-hydrogen) atoms. The van der Waals surface area contributed by atoms with Crippen LogP contribution in [0.15, 0.2) is 24.3 Å². The van der Waals surface area contributed by atoms with E-state index in [4.69, 9.17) is 0 Å². The molecule has 0 aromatic heterocycles. The summed E-state index contributed by atoms with van der Waals surface area (Å²) in [6, 6.07) is 7.88. The number of para-hydroxylation sites is 1. The molecule has 0 saturated carbocycles. The molecule has 0 bridgehead atoms. The minimum atomic E-state index is -1.28. The number of nitro benzene ring substituents is 1. The first-order valence-electron chi connectivity index (χ1n) is 4.62. The predicted octanol–water partition coefficient (Wildman–Crippen LogP) is 3.01.